The van der Waals surface area contributed by atoms with Crippen LogP contribution in [0.25, 0.3) is 0 Å². The van der Waals surface area contributed by atoms with Gasteiger partial charge in [-0.2, -0.15) is 0 Å². The molecule has 0 radical (unpaired) electrons. The maximum absolute atomic E-state index is 13.6. The topological polar surface area (TPSA) is 160 Å². The standard InChI is InChI=1S/C30H50N3O8P/c1-18(2)15-24(34)31-26(20(5)6)29(36)33-27(21(7)8)28(35)32-25(16-19(3)4)42(38,39)41-23(30(37)40-9)17-22-13-11-10-12-14-22/h10-14,18-21,23,25-27H,15-17H2,1-9H3,(H,31,34)(H,32,35)(H,33,36)(H,38,39)/t23-,25+,26?,27-/m0/s1. The number of hydrogen-bond donors (Lipinski definition) is 4. The molecule has 0 fully saturated rings. The molecule has 238 valence electrons. The van der Waals surface area contributed by atoms with Crippen LogP contribution < -0.4 is 16.0 Å². The second kappa shape index (κ2) is 17.4. The summed E-state index contributed by atoms with van der Waals surface area (Å²) in [6.07, 6.45) is -1.08. The van der Waals surface area contributed by atoms with E-state index in [1.807, 2.05) is 27.7 Å². The molecular weight excluding hydrogens is 561 g/mol. The van der Waals surface area contributed by atoms with Gasteiger partial charge in [0.1, 0.15) is 17.9 Å². The summed E-state index contributed by atoms with van der Waals surface area (Å²) in [5.41, 5.74) is 0.695. The molecule has 0 aliphatic rings. The summed E-state index contributed by atoms with van der Waals surface area (Å²) < 4.78 is 23.9. The SMILES string of the molecule is COC(=O)[C@H](Cc1ccccc1)OP(=O)(O)[C@H](CC(C)C)NC(=O)[C@@H](NC(=O)C(NC(=O)CC(C)C)C(C)C)C(C)C. The first kappa shape index (κ1) is 37.3. The van der Waals surface area contributed by atoms with Gasteiger partial charge >= 0.3 is 13.6 Å². The lowest BCUT2D eigenvalue weighted by molar-refractivity contribution is -0.149. The van der Waals surface area contributed by atoms with E-state index in [1.165, 1.54) is 0 Å². The first-order valence-electron chi connectivity index (χ1n) is 14.5. The van der Waals surface area contributed by atoms with Crippen LogP contribution >= 0.6 is 7.60 Å². The van der Waals surface area contributed by atoms with Crippen molar-refractivity contribution in [1.29, 1.82) is 0 Å². The van der Waals surface area contributed by atoms with Gasteiger partial charge in [0.05, 0.1) is 7.11 Å². The van der Waals surface area contributed by atoms with Crippen LogP contribution in [-0.2, 0) is 39.4 Å². The molecule has 42 heavy (non-hydrogen) atoms. The van der Waals surface area contributed by atoms with Crippen molar-refractivity contribution in [2.45, 2.75) is 98.6 Å². The van der Waals surface area contributed by atoms with Crippen molar-refractivity contribution in [2.24, 2.45) is 23.7 Å². The van der Waals surface area contributed by atoms with Gasteiger partial charge in [-0.05, 0) is 35.7 Å². The van der Waals surface area contributed by atoms with Crippen molar-refractivity contribution in [2.75, 3.05) is 7.11 Å². The fourth-order valence-corrected chi connectivity index (χ4v) is 5.92. The zero-order chi connectivity index (χ0) is 32.2. The third kappa shape index (κ3) is 12.6. The van der Waals surface area contributed by atoms with E-state index in [0.717, 1.165) is 7.11 Å². The molecule has 0 aliphatic carbocycles. The smallest absolute Gasteiger partial charge is 0.351 e. The Hall–Kier alpha value is -2.75. The Bertz CT molecular complexity index is 1080. The minimum Gasteiger partial charge on any atom is -0.467 e. The number of ether oxygens (including phenoxy) is 1. The van der Waals surface area contributed by atoms with E-state index in [4.69, 9.17) is 9.26 Å². The highest BCUT2D eigenvalue weighted by Gasteiger charge is 2.41. The van der Waals surface area contributed by atoms with Crippen molar-refractivity contribution in [3.63, 3.8) is 0 Å². The summed E-state index contributed by atoms with van der Waals surface area (Å²) in [5, 5.41) is 8.07. The normalized spacial score (nSPS) is 16.0. The summed E-state index contributed by atoms with van der Waals surface area (Å²) in [7, 11) is -3.49. The minimum absolute atomic E-state index is 0.00972. The quantitative estimate of drug-likeness (QED) is 0.153. The third-order valence-corrected chi connectivity index (χ3v) is 8.19. The monoisotopic (exact) mass is 611 g/mol. The molecule has 0 bridgehead atoms. The fraction of sp³-hybridized carbons (Fsp3) is 0.667. The lowest BCUT2D eigenvalue weighted by Gasteiger charge is -2.31. The highest BCUT2D eigenvalue weighted by molar-refractivity contribution is 7.53. The number of benzene rings is 1. The molecule has 2 unspecified atom stereocenters. The molecule has 1 aromatic carbocycles. The van der Waals surface area contributed by atoms with E-state index in [2.05, 4.69) is 16.0 Å². The Labute approximate surface area is 250 Å². The Balaban J connectivity index is 3.18. The van der Waals surface area contributed by atoms with Gasteiger partial charge in [0.25, 0.3) is 0 Å². The Morgan fingerprint density at radius 3 is 1.81 bits per heavy atom. The largest absolute Gasteiger partial charge is 0.467 e. The fourth-order valence-electron chi connectivity index (χ4n) is 4.27. The number of methoxy groups -OCH3 is 1. The summed E-state index contributed by atoms with van der Waals surface area (Å²) >= 11 is 0. The molecule has 1 aromatic rings. The van der Waals surface area contributed by atoms with Gasteiger partial charge in [0.2, 0.25) is 17.7 Å². The molecule has 5 atom stereocenters. The van der Waals surface area contributed by atoms with Crippen molar-refractivity contribution in [3.05, 3.63) is 35.9 Å². The molecule has 0 saturated carbocycles. The minimum atomic E-state index is -4.64. The van der Waals surface area contributed by atoms with Crippen LogP contribution in [0, 0.1) is 23.7 Å². The second-order valence-corrected chi connectivity index (χ2v) is 14.1. The van der Waals surface area contributed by atoms with Crippen LogP contribution in [0.15, 0.2) is 30.3 Å². The molecule has 0 saturated heterocycles. The number of nitrogens with one attached hydrogen (secondary N) is 3. The maximum Gasteiger partial charge on any atom is 0.351 e. The molecule has 1 rings (SSSR count). The Morgan fingerprint density at radius 2 is 1.33 bits per heavy atom. The van der Waals surface area contributed by atoms with Crippen molar-refractivity contribution in [1.82, 2.24) is 16.0 Å². The van der Waals surface area contributed by atoms with Gasteiger partial charge in [-0.25, -0.2) is 4.79 Å². The van der Waals surface area contributed by atoms with E-state index in [1.54, 1.807) is 58.0 Å². The van der Waals surface area contributed by atoms with Gasteiger partial charge in [0, 0.05) is 12.8 Å². The molecule has 0 spiro atoms. The third-order valence-electron chi connectivity index (χ3n) is 6.51. The predicted molar refractivity (Wildman–Crippen MR) is 161 cm³/mol. The summed E-state index contributed by atoms with van der Waals surface area (Å²) in [6, 6.07) is 6.89. The lowest BCUT2D eigenvalue weighted by atomic mass is 9.99. The Morgan fingerprint density at radius 1 is 0.810 bits per heavy atom. The summed E-state index contributed by atoms with van der Waals surface area (Å²) in [6.45, 7) is 14.5. The second-order valence-electron chi connectivity index (χ2n) is 12.1. The molecule has 12 heteroatoms. The van der Waals surface area contributed by atoms with Crippen LogP contribution in [0.5, 0.6) is 0 Å². The molecule has 3 amide bonds. The van der Waals surface area contributed by atoms with Crippen LogP contribution in [0.2, 0.25) is 0 Å². The van der Waals surface area contributed by atoms with E-state index in [-0.39, 0.29) is 42.9 Å². The first-order chi connectivity index (χ1) is 19.5. The number of carbonyl (C=O) groups is 4. The zero-order valence-electron chi connectivity index (χ0n) is 26.4. The van der Waals surface area contributed by atoms with Crippen LogP contribution in [0.1, 0.15) is 73.8 Å². The summed E-state index contributed by atoms with van der Waals surface area (Å²) in [4.78, 5) is 62.7. The Kier molecular flexibility index (Phi) is 15.4. The van der Waals surface area contributed by atoms with Crippen LogP contribution in [0.3, 0.4) is 0 Å². The number of carbonyl (C=O) groups excluding carboxylic acids is 4. The summed E-state index contributed by atoms with van der Waals surface area (Å²) in [5.74, 6) is -4.34. The number of esters is 1. The van der Waals surface area contributed by atoms with Gasteiger partial charge < -0.3 is 25.6 Å². The molecule has 0 aromatic heterocycles. The zero-order valence-corrected chi connectivity index (χ0v) is 27.3. The van der Waals surface area contributed by atoms with Crippen LogP contribution in [-0.4, -0.2) is 59.7 Å². The van der Waals surface area contributed by atoms with Gasteiger partial charge in [-0.1, -0.05) is 85.7 Å². The number of amides is 3. The molecule has 11 nitrogen and oxygen atoms in total. The average molecular weight is 612 g/mol. The average Bonchev–Trinajstić information content (AvgIpc) is 2.88. The lowest BCUT2D eigenvalue weighted by Crippen LogP contribution is -2.58. The van der Waals surface area contributed by atoms with Crippen LogP contribution in [0.4, 0.5) is 0 Å². The van der Waals surface area contributed by atoms with E-state index in [0.29, 0.717) is 5.56 Å². The predicted octanol–water partition coefficient (Wildman–Crippen LogP) is 3.79. The first-order valence-corrected chi connectivity index (χ1v) is 16.2. The molecule has 4 N–H and O–H groups in total. The van der Waals surface area contributed by atoms with Crippen molar-refractivity contribution >= 4 is 31.3 Å². The number of hydrogen-bond acceptors (Lipinski definition) is 7. The van der Waals surface area contributed by atoms with E-state index >= 15 is 0 Å². The van der Waals surface area contributed by atoms with Gasteiger partial charge in [-0.3, -0.25) is 23.5 Å². The molecule has 0 heterocycles. The van der Waals surface area contributed by atoms with E-state index in [9.17, 15) is 28.6 Å². The molecule has 0 aliphatic heterocycles. The van der Waals surface area contributed by atoms with Gasteiger partial charge in [-0.15, -0.1) is 0 Å². The molecular formula is C30H50N3O8P. The van der Waals surface area contributed by atoms with Crippen molar-refractivity contribution < 1.29 is 37.9 Å². The van der Waals surface area contributed by atoms with Crippen molar-refractivity contribution in [3.8, 4) is 0 Å². The number of rotatable bonds is 17. The highest BCUT2D eigenvalue weighted by Crippen LogP contribution is 2.50. The highest BCUT2D eigenvalue weighted by atomic mass is 31.2. The van der Waals surface area contributed by atoms with E-state index < -0.39 is 55.3 Å². The maximum atomic E-state index is 13.6. The van der Waals surface area contributed by atoms with Gasteiger partial charge in [0.15, 0.2) is 6.10 Å².